The van der Waals surface area contributed by atoms with E-state index in [1.165, 1.54) is 0 Å². The van der Waals surface area contributed by atoms with E-state index < -0.39 is 0 Å². The average molecular weight is 347 g/mol. The van der Waals surface area contributed by atoms with Crippen molar-refractivity contribution in [1.82, 2.24) is 0 Å². The van der Waals surface area contributed by atoms with Crippen molar-refractivity contribution in [2.75, 3.05) is 5.73 Å². The molecule has 0 radical (unpaired) electrons. The molecule has 94 valence electrons. The highest BCUT2D eigenvalue weighted by molar-refractivity contribution is 9.10. The maximum absolute atomic E-state index is 5.89. The Bertz CT molecular complexity index is 483. The zero-order valence-corrected chi connectivity index (χ0v) is 12.4. The lowest BCUT2D eigenvalue weighted by atomic mass is 10.2. The Balaban J connectivity index is 2.11. The SMILES string of the molecule is Nc1cc(Br)cc(COc2cc(Cl)cc(Cl)c2)c1. The molecule has 0 aliphatic rings. The molecule has 0 atom stereocenters. The van der Waals surface area contributed by atoms with Crippen LogP contribution in [-0.2, 0) is 6.61 Å². The molecule has 2 aromatic carbocycles. The molecule has 0 aliphatic carbocycles. The van der Waals surface area contributed by atoms with Crippen LogP contribution in [0, 0.1) is 0 Å². The molecule has 0 unspecified atom stereocenters. The second kappa shape index (κ2) is 5.83. The summed E-state index contributed by atoms with van der Waals surface area (Å²) in [6, 6.07) is 10.7. The van der Waals surface area contributed by atoms with Gasteiger partial charge in [-0.2, -0.15) is 0 Å². The first-order valence-corrected chi connectivity index (χ1v) is 6.72. The Morgan fingerprint density at radius 1 is 1.00 bits per heavy atom. The summed E-state index contributed by atoms with van der Waals surface area (Å²) in [5.41, 5.74) is 7.41. The summed E-state index contributed by atoms with van der Waals surface area (Å²) in [7, 11) is 0. The summed E-state index contributed by atoms with van der Waals surface area (Å²) in [5.74, 6) is 0.631. The molecule has 0 spiro atoms. The number of benzene rings is 2. The van der Waals surface area contributed by atoms with E-state index in [2.05, 4.69) is 15.9 Å². The first kappa shape index (κ1) is 13.5. The molecule has 2 rings (SSSR count). The molecule has 0 saturated carbocycles. The minimum atomic E-state index is 0.403. The van der Waals surface area contributed by atoms with Gasteiger partial charge < -0.3 is 10.5 Å². The quantitative estimate of drug-likeness (QED) is 0.801. The van der Waals surface area contributed by atoms with Crippen molar-refractivity contribution < 1.29 is 4.74 Å². The van der Waals surface area contributed by atoms with Gasteiger partial charge >= 0.3 is 0 Å². The number of hydrogen-bond acceptors (Lipinski definition) is 2. The van der Waals surface area contributed by atoms with Crippen LogP contribution in [0.25, 0.3) is 0 Å². The molecule has 18 heavy (non-hydrogen) atoms. The van der Waals surface area contributed by atoms with Gasteiger partial charge in [0, 0.05) is 20.2 Å². The lowest BCUT2D eigenvalue weighted by Gasteiger charge is -2.08. The topological polar surface area (TPSA) is 35.2 Å². The summed E-state index contributed by atoms with van der Waals surface area (Å²) < 4.78 is 6.54. The van der Waals surface area contributed by atoms with Gasteiger partial charge in [-0.15, -0.1) is 0 Å². The number of nitrogens with two attached hydrogens (primary N) is 1. The van der Waals surface area contributed by atoms with Crippen molar-refractivity contribution in [1.29, 1.82) is 0 Å². The summed E-state index contributed by atoms with van der Waals surface area (Å²) >= 11 is 15.2. The molecular formula is C13H10BrCl2NO. The third-order valence-corrected chi connectivity index (χ3v) is 3.12. The van der Waals surface area contributed by atoms with E-state index in [0.717, 1.165) is 10.0 Å². The third kappa shape index (κ3) is 3.80. The average Bonchev–Trinajstić information content (AvgIpc) is 2.23. The largest absolute Gasteiger partial charge is 0.489 e. The number of hydrogen-bond donors (Lipinski definition) is 1. The molecule has 0 aromatic heterocycles. The van der Waals surface area contributed by atoms with Crippen molar-refractivity contribution in [2.45, 2.75) is 6.61 Å². The van der Waals surface area contributed by atoms with Crippen LogP contribution in [0.5, 0.6) is 5.75 Å². The molecule has 5 heteroatoms. The standard InChI is InChI=1S/C13H10BrCl2NO/c14-9-1-8(2-12(17)3-9)7-18-13-5-10(15)4-11(16)6-13/h1-6H,7,17H2. The minimum absolute atomic E-state index is 0.403. The van der Waals surface area contributed by atoms with Gasteiger partial charge in [0.25, 0.3) is 0 Å². The lowest BCUT2D eigenvalue weighted by Crippen LogP contribution is -1.97. The first-order chi connectivity index (χ1) is 8.52. The van der Waals surface area contributed by atoms with E-state index in [9.17, 15) is 0 Å². The highest BCUT2D eigenvalue weighted by Crippen LogP contribution is 2.25. The fourth-order valence-electron chi connectivity index (χ4n) is 1.54. The van der Waals surface area contributed by atoms with Gasteiger partial charge in [0.15, 0.2) is 0 Å². The molecule has 2 aromatic rings. The van der Waals surface area contributed by atoms with E-state index >= 15 is 0 Å². The van der Waals surface area contributed by atoms with E-state index in [4.69, 9.17) is 33.7 Å². The smallest absolute Gasteiger partial charge is 0.122 e. The van der Waals surface area contributed by atoms with Crippen LogP contribution in [0.1, 0.15) is 5.56 Å². The number of anilines is 1. The zero-order chi connectivity index (χ0) is 13.1. The van der Waals surface area contributed by atoms with Crippen LogP contribution in [0.2, 0.25) is 10.0 Å². The Labute approximate surface area is 124 Å². The Morgan fingerprint density at radius 2 is 1.67 bits per heavy atom. The van der Waals surface area contributed by atoms with Gasteiger partial charge in [-0.3, -0.25) is 0 Å². The van der Waals surface area contributed by atoms with Crippen molar-refractivity contribution in [2.24, 2.45) is 0 Å². The number of rotatable bonds is 3. The maximum atomic E-state index is 5.89. The van der Waals surface area contributed by atoms with Crippen LogP contribution in [0.15, 0.2) is 40.9 Å². The Hall–Kier alpha value is -0.900. The Morgan fingerprint density at radius 3 is 2.28 bits per heavy atom. The van der Waals surface area contributed by atoms with Gasteiger partial charge in [0.05, 0.1) is 0 Å². The zero-order valence-electron chi connectivity index (χ0n) is 9.29. The first-order valence-electron chi connectivity index (χ1n) is 5.17. The van der Waals surface area contributed by atoms with E-state index in [1.807, 2.05) is 18.2 Å². The number of nitrogen functional groups attached to an aromatic ring is 1. The van der Waals surface area contributed by atoms with Gasteiger partial charge in [-0.25, -0.2) is 0 Å². The molecule has 0 saturated heterocycles. The normalized spacial score (nSPS) is 10.4. The van der Waals surface area contributed by atoms with Crippen molar-refractivity contribution in [3.8, 4) is 5.75 Å². The van der Waals surface area contributed by atoms with E-state index in [1.54, 1.807) is 18.2 Å². The second-order valence-electron chi connectivity index (χ2n) is 3.79. The summed E-state index contributed by atoms with van der Waals surface area (Å²) in [6.07, 6.45) is 0. The molecular weight excluding hydrogens is 337 g/mol. The van der Waals surface area contributed by atoms with Crippen molar-refractivity contribution in [3.05, 3.63) is 56.5 Å². The molecule has 0 bridgehead atoms. The van der Waals surface area contributed by atoms with Crippen LogP contribution in [-0.4, -0.2) is 0 Å². The molecule has 0 amide bonds. The van der Waals surface area contributed by atoms with Gasteiger partial charge in [0.2, 0.25) is 0 Å². The predicted molar refractivity (Wildman–Crippen MR) is 79.3 cm³/mol. The molecule has 2 N–H and O–H groups in total. The number of halogens is 3. The van der Waals surface area contributed by atoms with Crippen molar-refractivity contribution in [3.63, 3.8) is 0 Å². The van der Waals surface area contributed by atoms with E-state index in [0.29, 0.717) is 28.1 Å². The minimum Gasteiger partial charge on any atom is -0.489 e. The molecule has 0 fully saturated rings. The van der Waals surface area contributed by atoms with Crippen LogP contribution < -0.4 is 10.5 Å². The monoisotopic (exact) mass is 345 g/mol. The summed E-state index contributed by atoms with van der Waals surface area (Å²) in [4.78, 5) is 0. The third-order valence-electron chi connectivity index (χ3n) is 2.22. The fourth-order valence-corrected chi connectivity index (χ4v) is 2.60. The second-order valence-corrected chi connectivity index (χ2v) is 5.58. The van der Waals surface area contributed by atoms with Gasteiger partial charge in [-0.1, -0.05) is 39.1 Å². The molecule has 2 nitrogen and oxygen atoms in total. The summed E-state index contributed by atoms with van der Waals surface area (Å²) in [6.45, 7) is 0.403. The lowest BCUT2D eigenvalue weighted by molar-refractivity contribution is 0.306. The molecule has 0 aliphatic heterocycles. The van der Waals surface area contributed by atoms with Gasteiger partial charge in [0.1, 0.15) is 12.4 Å². The van der Waals surface area contributed by atoms with Crippen molar-refractivity contribution >= 4 is 44.8 Å². The van der Waals surface area contributed by atoms with E-state index in [-0.39, 0.29) is 0 Å². The van der Waals surface area contributed by atoms with Crippen LogP contribution in [0.3, 0.4) is 0 Å². The Kier molecular flexibility index (Phi) is 4.38. The van der Waals surface area contributed by atoms with Crippen LogP contribution >= 0.6 is 39.1 Å². The molecule has 0 heterocycles. The number of ether oxygens (including phenoxy) is 1. The predicted octanol–water partition coefficient (Wildman–Crippen LogP) is 4.92. The highest BCUT2D eigenvalue weighted by atomic mass is 79.9. The maximum Gasteiger partial charge on any atom is 0.122 e. The van der Waals surface area contributed by atoms with Crippen LogP contribution in [0.4, 0.5) is 5.69 Å². The summed E-state index contributed by atoms with van der Waals surface area (Å²) in [5, 5.41) is 1.09. The fraction of sp³-hybridized carbons (Fsp3) is 0.0769. The van der Waals surface area contributed by atoms with Gasteiger partial charge in [-0.05, 0) is 42.0 Å². The highest BCUT2D eigenvalue weighted by Gasteiger charge is 2.02.